The first-order valence-electron chi connectivity index (χ1n) is 5.52. The third-order valence-electron chi connectivity index (χ3n) is 3.11. The van der Waals surface area contributed by atoms with Gasteiger partial charge in [0.2, 0.25) is 5.91 Å². The molecule has 0 radical (unpaired) electrons. The fourth-order valence-electron chi connectivity index (χ4n) is 1.99. The summed E-state index contributed by atoms with van der Waals surface area (Å²) in [5.74, 6) is -0.168. The molecular formula is C10H20N2O4. The smallest absolute Gasteiger partial charge is 0.240 e. The molecule has 1 aliphatic rings. The van der Waals surface area contributed by atoms with Crippen molar-refractivity contribution in [2.24, 2.45) is 0 Å². The van der Waals surface area contributed by atoms with E-state index in [-0.39, 0.29) is 11.9 Å². The van der Waals surface area contributed by atoms with Crippen LogP contribution in [0.3, 0.4) is 0 Å². The Labute approximate surface area is 94.9 Å². The first kappa shape index (κ1) is 13.4. The molecule has 1 aliphatic heterocycles. The van der Waals surface area contributed by atoms with Gasteiger partial charge in [0.1, 0.15) is 5.54 Å². The SMILES string of the molecule is CCNC1CCN(C(CO)(CO)CO)C1=O. The van der Waals surface area contributed by atoms with E-state index >= 15 is 0 Å². The van der Waals surface area contributed by atoms with E-state index in [1.165, 1.54) is 4.90 Å². The molecule has 0 aromatic carbocycles. The second-order valence-electron chi connectivity index (χ2n) is 4.09. The molecule has 94 valence electrons. The number of hydrogen-bond acceptors (Lipinski definition) is 5. The largest absolute Gasteiger partial charge is 0.394 e. The molecule has 1 saturated heterocycles. The van der Waals surface area contributed by atoms with Crippen LogP contribution in [0.1, 0.15) is 13.3 Å². The van der Waals surface area contributed by atoms with Crippen molar-refractivity contribution in [1.82, 2.24) is 10.2 Å². The molecule has 1 fully saturated rings. The molecule has 4 N–H and O–H groups in total. The zero-order valence-corrected chi connectivity index (χ0v) is 9.52. The highest BCUT2D eigenvalue weighted by molar-refractivity contribution is 5.84. The standard InChI is InChI=1S/C10H20N2O4/c1-2-11-8-3-4-12(9(8)16)10(5-13,6-14)7-15/h8,11,13-15H,2-7H2,1H3. The van der Waals surface area contributed by atoms with Crippen molar-refractivity contribution in [3.8, 4) is 0 Å². The zero-order valence-electron chi connectivity index (χ0n) is 9.52. The summed E-state index contributed by atoms with van der Waals surface area (Å²) < 4.78 is 0. The quantitative estimate of drug-likeness (QED) is 0.421. The minimum atomic E-state index is -1.23. The van der Waals surface area contributed by atoms with E-state index < -0.39 is 25.4 Å². The molecule has 1 rings (SSSR count). The Morgan fingerprint density at radius 3 is 2.38 bits per heavy atom. The van der Waals surface area contributed by atoms with Crippen molar-refractivity contribution in [2.45, 2.75) is 24.9 Å². The van der Waals surface area contributed by atoms with Crippen molar-refractivity contribution < 1.29 is 20.1 Å². The van der Waals surface area contributed by atoms with Gasteiger partial charge in [-0.3, -0.25) is 4.79 Å². The van der Waals surface area contributed by atoms with Crippen LogP contribution in [0.2, 0.25) is 0 Å². The molecule has 1 amide bonds. The summed E-state index contributed by atoms with van der Waals surface area (Å²) in [4.78, 5) is 13.3. The van der Waals surface area contributed by atoms with Crippen LogP contribution < -0.4 is 5.32 Å². The molecule has 1 unspecified atom stereocenters. The van der Waals surface area contributed by atoms with Gasteiger partial charge < -0.3 is 25.5 Å². The van der Waals surface area contributed by atoms with Crippen LogP contribution in [-0.4, -0.2) is 70.6 Å². The lowest BCUT2D eigenvalue weighted by atomic mass is 10.0. The highest BCUT2D eigenvalue weighted by atomic mass is 16.3. The van der Waals surface area contributed by atoms with Gasteiger partial charge in [0.15, 0.2) is 0 Å². The van der Waals surface area contributed by atoms with Gasteiger partial charge in [0.05, 0.1) is 25.9 Å². The first-order valence-corrected chi connectivity index (χ1v) is 5.52. The number of likely N-dealkylation sites (N-methyl/N-ethyl adjacent to an activating group) is 1. The number of likely N-dealkylation sites (tertiary alicyclic amines) is 1. The topological polar surface area (TPSA) is 93.0 Å². The van der Waals surface area contributed by atoms with Crippen LogP contribution in [-0.2, 0) is 4.79 Å². The molecule has 6 heteroatoms. The normalized spacial score (nSPS) is 21.9. The minimum absolute atomic E-state index is 0.168. The van der Waals surface area contributed by atoms with Crippen molar-refractivity contribution in [3.05, 3.63) is 0 Å². The molecule has 0 aromatic rings. The lowest BCUT2D eigenvalue weighted by Crippen LogP contribution is -2.59. The number of nitrogens with zero attached hydrogens (tertiary/aromatic N) is 1. The molecule has 0 aliphatic carbocycles. The van der Waals surface area contributed by atoms with Crippen LogP contribution in [0.25, 0.3) is 0 Å². The first-order chi connectivity index (χ1) is 7.65. The van der Waals surface area contributed by atoms with Gasteiger partial charge in [-0.1, -0.05) is 6.92 Å². The van der Waals surface area contributed by atoms with Gasteiger partial charge in [-0.05, 0) is 13.0 Å². The molecule has 0 spiro atoms. The number of nitrogens with one attached hydrogen (secondary N) is 1. The summed E-state index contributed by atoms with van der Waals surface area (Å²) in [5, 5.41) is 30.7. The van der Waals surface area contributed by atoms with E-state index in [9.17, 15) is 20.1 Å². The predicted molar refractivity (Wildman–Crippen MR) is 57.8 cm³/mol. The highest BCUT2D eigenvalue weighted by Gasteiger charge is 2.44. The Morgan fingerprint density at radius 2 is 1.94 bits per heavy atom. The van der Waals surface area contributed by atoms with E-state index in [1.54, 1.807) is 0 Å². The van der Waals surface area contributed by atoms with E-state index in [0.717, 1.165) is 0 Å². The number of carbonyl (C=O) groups is 1. The van der Waals surface area contributed by atoms with E-state index in [4.69, 9.17) is 0 Å². The molecule has 0 saturated carbocycles. The second kappa shape index (κ2) is 5.58. The fourth-order valence-corrected chi connectivity index (χ4v) is 1.99. The maximum Gasteiger partial charge on any atom is 0.240 e. The van der Waals surface area contributed by atoms with Gasteiger partial charge in [0, 0.05) is 6.54 Å². The fraction of sp³-hybridized carbons (Fsp3) is 0.900. The van der Waals surface area contributed by atoms with Crippen molar-refractivity contribution in [1.29, 1.82) is 0 Å². The van der Waals surface area contributed by atoms with Crippen LogP contribution >= 0.6 is 0 Å². The number of hydrogen-bond donors (Lipinski definition) is 4. The van der Waals surface area contributed by atoms with Gasteiger partial charge in [-0.25, -0.2) is 0 Å². The predicted octanol–water partition coefficient (Wildman–Crippen LogP) is -2.09. The van der Waals surface area contributed by atoms with Crippen molar-refractivity contribution >= 4 is 5.91 Å². The molecular weight excluding hydrogens is 212 g/mol. The Morgan fingerprint density at radius 1 is 1.38 bits per heavy atom. The number of aliphatic hydroxyl groups excluding tert-OH is 3. The molecule has 1 atom stereocenters. The maximum absolute atomic E-state index is 11.9. The second-order valence-corrected chi connectivity index (χ2v) is 4.09. The van der Waals surface area contributed by atoms with Crippen LogP contribution in [0.5, 0.6) is 0 Å². The minimum Gasteiger partial charge on any atom is -0.394 e. The van der Waals surface area contributed by atoms with Crippen LogP contribution in [0.4, 0.5) is 0 Å². The maximum atomic E-state index is 11.9. The monoisotopic (exact) mass is 232 g/mol. The van der Waals surface area contributed by atoms with Crippen LogP contribution in [0.15, 0.2) is 0 Å². The Kier molecular flexibility index (Phi) is 4.67. The Hall–Kier alpha value is -0.690. The summed E-state index contributed by atoms with van der Waals surface area (Å²) in [5.41, 5.74) is -1.23. The highest BCUT2D eigenvalue weighted by Crippen LogP contribution is 2.22. The summed E-state index contributed by atoms with van der Waals surface area (Å²) in [6.45, 7) is 1.72. The third kappa shape index (κ3) is 2.20. The molecule has 6 nitrogen and oxygen atoms in total. The number of rotatable bonds is 6. The number of carbonyl (C=O) groups excluding carboxylic acids is 1. The number of aliphatic hydroxyl groups is 3. The van der Waals surface area contributed by atoms with Gasteiger partial charge in [0.25, 0.3) is 0 Å². The van der Waals surface area contributed by atoms with Gasteiger partial charge >= 0.3 is 0 Å². The lowest BCUT2D eigenvalue weighted by molar-refractivity contribution is -0.141. The molecule has 1 heterocycles. The van der Waals surface area contributed by atoms with E-state index in [0.29, 0.717) is 19.5 Å². The molecule has 0 bridgehead atoms. The van der Waals surface area contributed by atoms with Crippen molar-refractivity contribution in [3.63, 3.8) is 0 Å². The zero-order chi connectivity index (χ0) is 12.2. The lowest BCUT2D eigenvalue weighted by Gasteiger charge is -2.37. The summed E-state index contributed by atoms with van der Waals surface area (Å²) in [6, 6.07) is -0.269. The number of amides is 1. The summed E-state index contributed by atoms with van der Waals surface area (Å²) in [7, 11) is 0. The molecule has 0 aromatic heterocycles. The van der Waals surface area contributed by atoms with Crippen molar-refractivity contribution in [2.75, 3.05) is 32.9 Å². The summed E-state index contributed by atoms with van der Waals surface area (Å²) >= 11 is 0. The van der Waals surface area contributed by atoms with Gasteiger partial charge in [-0.2, -0.15) is 0 Å². The Bertz CT molecular complexity index is 235. The van der Waals surface area contributed by atoms with E-state index in [2.05, 4.69) is 5.32 Å². The van der Waals surface area contributed by atoms with Gasteiger partial charge in [-0.15, -0.1) is 0 Å². The summed E-state index contributed by atoms with van der Waals surface area (Å²) in [6.07, 6.45) is 0.633. The third-order valence-corrected chi connectivity index (χ3v) is 3.11. The average molecular weight is 232 g/mol. The molecule has 16 heavy (non-hydrogen) atoms. The van der Waals surface area contributed by atoms with E-state index in [1.807, 2.05) is 6.92 Å². The van der Waals surface area contributed by atoms with Crippen LogP contribution in [0, 0.1) is 0 Å². The average Bonchev–Trinajstić information content (AvgIpc) is 2.66. The Balaban J connectivity index is 2.77.